The molecular weight excluding hydrogens is 186 g/mol. The van der Waals surface area contributed by atoms with Crippen LogP contribution in [0.25, 0.3) is 5.57 Å². The van der Waals surface area contributed by atoms with Gasteiger partial charge in [-0.1, -0.05) is 0 Å². The Balaban J connectivity index is 2.01. The molecule has 0 atom stereocenters. The zero-order chi connectivity index (χ0) is 10.1. The van der Waals surface area contributed by atoms with E-state index in [0.29, 0.717) is 0 Å². The van der Waals surface area contributed by atoms with Crippen molar-refractivity contribution in [3.05, 3.63) is 29.9 Å². The molecule has 0 unspecified atom stereocenters. The molecule has 0 N–H and O–H groups in total. The highest BCUT2D eigenvalue weighted by atomic mass is 14.8. The Kier molecular flexibility index (Phi) is 2.09. The van der Waals surface area contributed by atoms with Crippen molar-refractivity contribution >= 4 is 11.3 Å². The largest absolute Gasteiger partial charge is 0.285 e. The van der Waals surface area contributed by atoms with Gasteiger partial charge in [0.15, 0.2) is 0 Å². The van der Waals surface area contributed by atoms with Crippen molar-refractivity contribution in [2.75, 3.05) is 6.54 Å². The highest BCUT2D eigenvalue weighted by Crippen LogP contribution is 2.32. The van der Waals surface area contributed by atoms with Crippen molar-refractivity contribution in [3.8, 4) is 0 Å². The second-order valence-electron chi connectivity index (χ2n) is 4.02. The first-order valence-corrected chi connectivity index (χ1v) is 5.47. The van der Waals surface area contributed by atoms with E-state index in [1.54, 1.807) is 12.5 Å². The Bertz CT molecular complexity index is 431. The summed E-state index contributed by atoms with van der Waals surface area (Å²) in [5, 5.41) is 0. The van der Waals surface area contributed by atoms with Gasteiger partial charge >= 0.3 is 0 Å². The summed E-state index contributed by atoms with van der Waals surface area (Å²) in [6.07, 6.45) is 8.34. The van der Waals surface area contributed by atoms with Crippen LogP contribution in [0.1, 0.15) is 31.4 Å². The fourth-order valence-corrected chi connectivity index (χ4v) is 2.36. The first-order chi connectivity index (χ1) is 7.45. The van der Waals surface area contributed by atoms with E-state index in [0.717, 1.165) is 18.7 Å². The maximum absolute atomic E-state index is 4.60. The molecule has 1 aliphatic carbocycles. The lowest BCUT2D eigenvalue weighted by molar-refractivity contribution is 0.737. The van der Waals surface area contributed by atoms with Crippen LogP contribution in [-0.4, -0.2) is 22.2 Å². The van der Waals surface area contributed by atoms with Gasteiger partial charge in [-0.2, -0.15) is 0 Å². The minimum Gasteiger partial charge on any atom is -0.285 e. The van der Waals surface area contributed by atoms with E-state index < -0.39 is 0 Å². The van der Waals surface area contributed by atoms with E-state index >= 15 is 0 Å². The molecule has 76 valence electrons. The number of aromatic nitrogens is 2. The van der Waals surface area contributed by atoms with E-state index in [4.69, 9.17) is 0 Å². The van der Waals surface area contributed by atoms with E-state index in [-0.39, 0.29) is 0 Å². The molecular formula is C12H13N3. The van der Waals surface area contributed by atoms with Crippen LogP contribution < -0.4 is 0 Å². The summed E-state index contributed by atoms with van der Waals surface area (Å²) in [6.45, 7) is 0.821. The molecule has 2 heterocycles. The average molecular weight is 199 g/mol. The van der Waals surface area contributed by atoms with Gasteiger partial charge in [0.1, 0.15) is 6.33 Å². The van der Waals surface area contributed by atoms with Crippen LogP contribution in [0.4, 0.5) is 0 Å². The van der Waals surface area contributed by atoms with Crippen LogP contribution in [0.3, 0.4) is 0 Å². The number of rotatable bonds is 1. The topological polar surface area (TPSA) is 38.1 Å². The number of aliphatic imine (C=N–C) groups is 1. The second kappa shape index (κ2) is 3.57. The third-order valence-corrected chi connectivity index (χ3v) is 3.12. The van der Waals surface area contributed by atoms with Gasteiger partial charge in [-0.05, 0) is 37.3 Å². The number of allylic oxidation sites excluding steroid dienone is 1. The van der Waals surface area contributed by atoms with Crippen molar-refractivity contribution in [1.29, 1.82) is 0 Å². The van der Waals surface area contributed by atoms with E-state index in [9.17, 15) is 0 Å². The molecule has 0 aromatic carbocycles. The van der Waals surface area contributed by atoms with Crippen LogP contribution in [0.15, 0.2) is 29.2 Å². The Hall–Kier alpha value is -1.51. The number of nitrogens with zero attached hydrogens (tertiary/aromatic N) is 3. The Morgan fingerprint density at radius 2 is 2.00 bits per heavy atom. The maximum atomic E-state index is 4.60. The van der Waals surface area contributed by atoms with Crippen LogP contribution >= 0.6 is 0 Å². The molecule has 0 radical (unpaired) electrons. The SMILES string of the molecule is c1cc(C2=C3CCCCC3=NC2)ncn1. The Morgan fingerprint density at radius 3 is 2.87 bits per heavy atom. The third-order valence-electron chi connectivity index (χ3n) is 3.12. The first-order valence-electron chi connectivity index (χ1n) is 5.47. The van der Waals surface area contributed by atoms with Gasteiger partial charge in [-0.25, -0.2) is 9.97 Å². The van der Waals surface area contributed by atoms with Crippen molar-refractivity contribution in [2.45, 2.75) is 25.7 Å². The molecule has 3 nitrogen and oxygen atoms in total. The molecule has 3 rings (SSSR count). The second-order valence-corrected chi connectivity index (χ2v) is 4.02. The minimum atomic E-state index is 0.821. The quantitative estimate of drug-likeness (QED) is 0.695. The molecule has 3 heteroatoms. The van der Waals surface area contributed by atoms with Crippen LogP contribution in [0.5, 0.6) is 0 Å². The van der Waals surface area contributed by atoms with Crippen LogP contribution in [0.2, 0.25) is 0 Å². The molecule has 1 aliphatic heterocycles. The highest BCUT2D eigenvalue weighted by Gasteiger charge is 2.23. The van der Waals surface area contributed by atoms with Gasteiger partial charge in [0.05, 0.1) is 12.2 Å². The fraction of sp³-hybridized carbons (Fsp3) is 0.417. The third kappa shape index (κ3) is 1.48. The normalized spacial score (nSPS) is 20.1. The Morgan fingerprint density at radius 1 is 1.07 bits per heavy atom. The Labute approximate surface area is 89.0 Å². The molecule has 0 amide bonds. The maximum Gasteiger partial charge on any atom is 0.116 e. The van der Waals surface area contributed by atoms with Gasteiger partial charge in [0.2, 0.25) is 0 Å². The molecule has 0 spiro atoms. The minimum absolute atomic E-state index is 0.821. The van der Waals surface area contributed by atoms with E-state index in [1.165, 1.54) is 36.1 Å². The molecule has 15 heavy (non-hydrogen) atoms. The molecule has 0 saturated heterocycles. The molecule has 1 aromatic heterocycles. The van der Waals surface area contributed by atoms with Gasteiger partial charge < -0.3 is 0 Å². The lowest BCUT2D eigenvalue weighted by Crippen LogP contribution is -2.07. The number of fused-ring (bicyclic) bond motifs is 1. The van der Waals surface area contributed by atoms with Crippen LogP contribution in [-0.2, 0) is 0 Å². The van der Waals surface area contributed by atoms with Gasteiger partial charge in [-0.15, -0.1) is 0 Å². The molecule has 1 saturated carbocycles. The zero-order valence-electron chi connectivity index (χ0n) is 8.61. The van der Waals surface area contributed by atoms with Crippen molar-refractivity contribution in [3.63, 3.8) is 0 Å². The smallest absolute Gasteiger partial charge is 0.116 e. The number of hydrogen-bond acceptors (Lipinski definition) is 3. The van der Waals surface area contributed by atoms with E-state index in [1.807, 2.05) is 6.07 Å². The fourth-order valence-electron chi connectivity index (χ4n) is 2.36. The standard InChI is InChI=1S/C12H13N3/c1-2-4-11-9(3-1)10(7-14-11)12-5-6-13-8-15-12/h5-6,8H,1-4,7H2. The molecule has 1 fully saturated rings. The molecule has 2 aliphatic rings. The summed E-state index contributed by atoms with van der Waals surface area (Å²) in [7, 11) is 0. The summed E-state index contributed by atoms with van der Waals surface area (Å²) in [5.41, 5.74) is 5.17. The summed E-state index contributed by atoms with van der Waals surface area (Å²) in [5.74, 6) is 0. The summed E-state index contributed by atoms with van der Waals surface area (Å²) in [4.78, 5) is 12.9. The van der Waals surface area contributed by atoms with Crippen molar-refractivity contribution in [2.24, 2.45) is 4.99 Å². The lowest BCUT2D eigenvalue weighted by atomic mass is 9.90. The molecule has 1 aromatic rings. The first kappa shape index (κ1) is 8.77. The van der Waals surface area contributed by atoms with Gasteiger partial charge in [0.25, 0.3) is 0 Å². The van der Waals surface area contributed by atoms with Gasteiger partial charge in [0, 0.05) is 17.5 Å². The summed E-state index contributed by atoms with van der Waals surface area (Å²) < 4.78 is 0. The predicted molar refractivity (Wildman–Crippen MR) is 59.7 cm³/mol. The monoisotopic (exact) mass is 199 g/mol. The average Bonchev–Trinajstić information content (AvgIpc) is 2.74. The van der Waals surface area contributed by atoms with Crippen molar-refractivity contribution < 1.29 is 0 Å². The van der Waals surface area contributed by atoms with E-state index in [2.05, 4.69) is 15.0 Å². The van der Waals surface area contributed by atoms with Crippen LogP contribution in [0, 0.1) is 0 Å². The lowest BCUT2D eigenvalue weighted by Gasteiger charge is -2.14. The number of hydrogen-bond donors (Lipinski definition) is 0. The highest BCUT2D eigenvalue weighted by molar-refractivity contribution is 6.10. The predicted octanol–water partition coefficient (Wildman–Crippen LogP) is 2.26. The van der Waals surface area contributed by atoms with Gasteiger partial charge in [-0.3, -0.25) is 4.99 Å². The summed E-state index contributed by atoms with van der Waals surface area (Å²) in [6, 6.07) is 1.98. The molecule has 0 bridgehead atoms. The van der Waals surface area contributed by atoms with Crippen molar-refractivity contribution in [1.82, 2.24) is 9.97 Å². The summed E-state index contributed by atoms with van der Waals surface area (Å²) >= 11 is 0. The zero-order valence-corrected chi connectivity index (χ0v) is 8.61.